The average molecular weight is 263 g/mol. The highest BCUT2D eigenvalue weighted by Gasteiger charge is 2.27. The van der Waals surface area contributed by atoms with Crippen LogP contribution in [0.2, 0.25) is 0 Å². The molecule has 2 aromatic rings. The highest BCUT2D eigenvalue weighted by Crippen LogP contribution is 2.30. The van der Waals surface area contributed by atoms with Crippen molar-refractivity contribution >= 4 is 0 Å². The Kier molecular flexibility index (Phi) is 3.53. The van der Waals surface area contributed by atoms with E-state index >= 15 is 0 Å². The van der Waals surface area contributed by atoms with Crippen LogP contribution in [0, 0.1) is 11.6 Å². The maximum Gasteiger partial charge on any atom is 0.128 e. The van der Waals surface area contributed by atoms with Gasteiger partial charge in [0, 0.05) is 5.56 Å². The predicted molar refractivity (Wildman–Crippen MR) is 70.0 cm³/mol. The molecule has 0 aliphatic rings. The van der Waals surface area contributed by atoms with E-state index in [0.29, 0.717) is 11.3 Å². The molecule has 2 nitrogen and oxygen atoms in total. The molecule has 0 spiro atoms. The number of methoxy groups -OCH3 is 1. The summed E-state index contributed by atoms with van der Waals surface area (Å²) < 4.78 is 32.3. The summed E-state index contributed by atoms with van der Waals surface area (Å²) in [7, 11) is 1.54. The normalized spacial score (nSPS) is 13.9. The van der Waals surface area contributed by atoms with E-state index in [2.05, 4.69) is 0 Å². The number of hydrogen-bond acceptors (Lipinski definition) is 2. The average Bonchev–Trinajstić information content (AvgIpc) is 2.41. The molecule has 0 saturated heterocycles. The minimum absolute atomic E-state index is 0.112. The van der Waals surface area contributed by atoms with Crippen LogP contribution in [0.4, 0.5) is 8.78 Å². The van der Waals surface area contributed by atoms with Crippen LogP contribution in [0.3, 0.4) is 0 Å². The second-order valence-electron chi connectivity index (χ2n) is 4.56. The molecule has 0 aromatic heterocycles. The van der Waals surface area contributed by atoms with Gasteiger partial charge in [0.1, 0.15) is 17.4 Å². The minimum Gasteiger partial charge on any atom is -0.497 e. The lowest BCUT2D eigenvalue weighted by Gasteiger charge is -2.26. The van der Waals surface area contributed by atoms with Gasteiger partial charge in [-0.3, -0.25) is 0 Å². The molecule has 0 aliphatic heterocycles. The molecule has 2 rings (SSSR count). The van der Waals surface area contributed by atoms with Crippen LogP contribution in [-0.4, -0.2) is 7.11 Å². The van der Waals surface area contributed by atoms with Crippen molar-refractivity contribution in [3.8, 4) is 5.75 Å². The van der Waals surface area contributed by atoms with Crippen molar-refractivity contribution < 1.29 is 13.5 Å². The second kappa shape index (κ2) is 4.97. The van der Waals surface area contributed by atoms with Gasteiger partial charge < -0.3 is 10.5 Å². The Bertz CT molecular complexity index is 596. The number of ether oxygens (including phenoxy) is 1. The van der Waals surface area contributed by atoms with Gasteiger partial charge in [-0.25, -0.2) is 8.78 Å². The first-order valence-electron chi connectivity index (χ1n) is 5.84. The summed E-state index contributed by atoms with van der Waals surface area (Å²) in [5.41, 5.74) is 5.81. The molecule has 1 unspecified atom stereocenters. The first-order valence-corrected chi connectivity index (χ1v) is 5.84. The number of nitrogens with two attached hydrogens (primary N) is 1. The predicted octanol–water partition coefficient (Wildman–Crippen LogP) is 3.20. The van der Waals surface area contributed by atoms with E-state index in [4.69, 9.17) is 10.5 Å². The molecule has 0 amide bonds. The summed E-state index contributed by atoms with van der Waals surface area (Å²) in [4.78, 5) is 0. The molecule has 0 saturated carbocycles. The lowest BCUT2D eigenvalue weighted by Crippen LogP contribution is -2.35. The molecular weight excluding hydrogens is 248 g/mol. The van der Waals surface area contributed by atoms with E-state index in [1.807, 2.05) is 0 Å². The lowest BCUT2D eigenvalue weighted by atomic mass is 9.85. The van der Waals surface area contributed by atoms with Crippen LogP contribution in [-0.2, 0) is 5.54 Å². The Morgan fingerprint density at radius 3 is 2.53 bits per heavy atom. The zero-order valence-corrected chi connectivity index (χ0v) is 10.8. The maximum atomic E-state index is 13.9. The zero-order chi connectivity index (χ0) is 14.0. The van der Waals surface area contributed by atoms with Gasteiger partial charge in [-0.2, -0.15) is 0 Å². The second-order valence-corrected chi connectivity index (χ2v) is 4.56. The fourth-order valence-electron chi connectivity index (χ4n) is 2.00. The van der Waals surface area contributed by atoms with Gasteiger partial charge in [0.25, 0.3) is 0 Å². The van der Waals surface area contributed by atoms with Gasteiger partial charge in [-0.1, -0.05) is 12.1 Å². The summed E-state index contributed by atoms with van der Waals surface area (Å²) in [5, 5.41) is 0. The SMILES string of the molecule is COc1cccc(C(C)(N)c2cc(F)ccc2F)c1. The Hall–Kier alpha value is -1.94. The fraction of sp³-hybridized carbons (Fsp3) is 0.200. The van der Waals surface area contributed by atoms with E-state index in [-0.39, 0.29) is 5.56 Å². The van der Waals surface area contributed by atoms with Crippen molar-refractivity contribution in [2.75, 3.05) is 7.11 Å². The third-order valence-electron chi connectivity index (χ3n) is 3.16. The van der Waals surface area contributed by atoms with Crippen LogP contribution < -0.4 is 10.5 Å². The molecule has 0 radical (unpaired) electrons. The molecule has 0 fully saturated rings. The summed E-state index contributed by atoms with van der Waals surface area (Å²) in [6, 6.07) is 10.3. The number of benzene rings is 2. The number of rotatable bonds is 3. The van der Waals surface area contributed by atoms with Gasteiger partial charge in [-0.15, -0.1) is 0 Å². The van der Waals surface area contributed by atoms with Crippen LogP contribution in [0.5, 0.6) is 5.75 Å². The molecule has 4 heteroatoms. The Balaban J connectivity index is 2.54. The van der Waals surface area contributed by atoms with Crippen molar-refractivity contribution in [1.82, 2.24) is 0 Å². The standard InChI is InChI=1S/C15H15F2NO/c1-15(18,10-4-3-5-12(8-10)19-2)13-9-11(16)6-7-14(13)17/h3-9H,18H2,1-2H3. The molecule has 0 heterocycles. The molecule has 0 bridgehead atoms. The van der Waals surface area contributed by atoms with Gasteiger partial charge in [0.05, 0.1) is 12.6 Å². The van der Waals surface area contributed by atoms with Crippen molar-refractivity contribution in [1.29, 1.82) is 0 Å². The van der Waals surface area contributed by atoms with E-state index in [1.165, 1.54) is 7.11 Å². The highest BCUT2D eigenvalue weighted by molar-refractivity contribution is 5.41. The van der Waals surface area contributed by atoms with Crippen LogP contribution >= 0.6 is 0 Å². The monoisotopic (exact) mass is 263 g/mol. The van der Waals surface area contributed by atoms with Crippen LogP contribution in [0.25, 0.3) is 0 Å². The summed E-state index contributed by atoms with van der Waals surface area (Å²) in [5.74, 6) is -0.434. The summed E-state index contributed by atoms with van der Waals surface area (Å²) >= 11 is 0. The first-order chi connectivity index (χ1) is 8.95. The van der Waals surface area contributed by atoms with E-state index in [0.717, 1.165) is 18.2 Å². The fourth-order valence-corrected chi connectivity index (χ4v) is 2.00. The van der Waals surface area contributed by atoms with Crippen molar-refractivity contribution in [2.24, 2.45) is 5.73 Å². The Labute approximate surface area is 110 Å². The largest absolute Gasteiger partial charge is 0.497 e. The van der Waals surface area contributed by atoms with E-state index in [9.17, 15) is 8.78 Å². The quantitative estimate of drug-likeness (QED) is 0.923. The maximum absolute atomic E-state index is 13.9. The van der Waals surface area contributed by atoms with Gasteiger partial charge in [0.15, 0.2) is 0 Å². The van der Waals surface area contributed by atoms with Crippen LogP contribution in [0.15, 0.2) is 42.5 Å². The van der Waals surface area contributed by atoms with Gasteiger partial charge >= 0.3 is 0 Å². The van der Waals surface area contributed by atoms with Gasteiger partial charge in [-0.05, 0) is 42.8 Å². The molecule has 1 atom stereocenters. The molecule has 2 aromatic carbocycles. The molecule has 0 aliphatic carbocycles. The zero-order valence-electron chi connectivity index (χ0n) is 10.8. The van der Waals surface area contributed by atoms with Gasteiger partial charge in [0.2, 0.25) is 0 Å². The Morgan fingerprint density at radius 2 is 1.84 bits per heavy atom. The smallest absolute Gasteiger partial charge is 0.128 e. The van der Waals surface area contributed by atoms with E-state index < -0.39 is 17.2 Å². The topological polar surface area (TPSA) is 35.2 Å². The van der Waals surface area contributed by atoms with E-state index in [1.54, 1.807) is 31.2 Å². The molecular formula is C15H15F2NO. The third-order valence-corrected chi connectivity index (χ3v) is 3.16. The van der Waals surface area contributed by atoms with Crippen molar-refractivity contribution in [3.05, 3.63) is 65.2 Å². The third kappa shape index (κ3) is 2.58. The Morgan fingerprint density at radius 1 is 1.11 bits per heavy atom. The molecule has 2 N–H and O–H groups in total. The summed E-state index contributed by atoms with van der Waals surface area (Å²) in [6.07, 6.45) is 0. The minimum atomic E-state index is -1.14. The first kappa shape index (κ1) is 13.5. The highest BCUT2D eigenvalue weighted by atomic mass is 19.1. The molecule has 100 valence electrons. The number of hydrogen-bond donors (Lipinski definition) is 1. The van der Waals surface area contributed by atoms with Crippen molar-refractivity contribution in [2.45, 2.75) is 12.5 Å². The number of halogens is 2. The summed E-state index contributed by atoms with van der Waals surface area (Å²) in [6.45, 7) is 1.64. The molecule has 19 heavy (non-hydrogen) atoms. The van der Waals surface area contributed by atoms with Crippen LogP contribution in [0.1, 0.15) is 18.1 Å². The van der Waals surface area contributed by atoms with Crippen molar-refractivity contribution in [3.63, 3.8) is 0 Å². The lowest BCUT2D eigenvalue weighted by molar-refractivity contribution is 0.412.